The first-order valence-corrected chi connectivity index (χ1v) is 7.37. The second kappa shape index (κ2) is 6.23. The van der Waals surface area contributed by atoms with Gasteiger partial charge < -0.3 is 5.32 Å². The van der Waals surface area contributed by atoms with Crippen LogP contribution in [0.1, 0.15) is 39.7 Å². The first-order chi connectivity index (χ1) is 9.46. The predicted molar refractivity (Wildman–Crippen MR) is 90.0 cm³/mol. The highest BCUT2D eigenvalue weighted by Gasteiger charge is 2.06. The van der Waals surface area contributed by atoms with E-state index in [-0.39, 0.29) is 5.54 Å². The van der Waals surface area contributed by atoms with Crippen LogP contribution in [-0.2, 0) is 0 Å². The van der Waals surface area contributed by atoms with E-state index in [0.29, 0.717) is 0 Å². The Morgan fingerprint density at radius 1 is 1.05 bits per heavy atom. The third kappa shape index (κ3) is 4.21. The largest absolute Gasteiger partial charge is 0.312 e. The van der Waals surface area contributed by atoms with Crippen molar-refractivity contribution in [1.29, 1.82) is 0 Å². The van der Waals surface area contributed by atoms with Crippen molar-refractivity contribution in [2.45, 2.75) is 39.7 Å². The predicted octanol–water partition coefficient (Wildman–Crippen LogP) is 5.02. The first-order valence-electron chi connectivity index (χ1n) is 7.37. The summed E-state index contributed by atoms with van der Waals surface area (Å²) in [5.41, 5.74) is 2.87. The smallest absolute Gasteiger partial charge is 0.00966 e. The molecule has 0 saturated carbocycles. The summed E-state index contributed by atoms with van der Waals surface area (Å²) in [7, 11) is 0. The maximum absolute atomic E-state index is 3.51. The van der Waals surface area contributed by atoms with Gasteiger partial charge in [-0.15, -0.1) is 0 Å². The molecule has 1 N–H and O–H groups in total. The van der Waals surface area contributed by atoms with Crippen molar-refractivity contribution in [3.8, 4) is 0 Å². The second-order valence-electron chi connectivity index (χ2n) is 6.41. The highest BCUT2D eigenvalue weighted by atomic mass is 14.9. The van der Waals surface area contributed by atoms with Crippen LogP contribution in [0.2, 0.25) is 0 Å². The molecule has 0 fully saturated rings. The molecule has 2 aromatic rings. The molecule has 20 heavy (non-hydrogen) atoms. The summed E-state index contributed by atoms with van der Waals surface area (Å²) in [6.45, 7) is 9.82. The molecule has 0 unspecified atom stereocenters. The van der Waals surface area contributed by atoms with Crippen molar-refractivity contribution in [1.82, 2.24) is 5.32 Å². The Morgan fingerprint density at radius 2 is 1.75 bits per heavy atom. The maximum atomic E-state index is 3.51. The number of fused-ring (bicyclic) bond motifs is 1. The van der Waals surface area contributed by atoms with E-state index in [1.807, 2.05) is 0 Å². The summed E-state index contributed by atoms with van der Waals surface area (Å²) in [6, 6.07) is 15.2. The molecule has 106 valence electrons. The normalized spacial score (nSPS) is 12.9. The molecule has 0 aliphatic rings. The zero-order valence-electron chi connectivity index (χ0n) is 13.0. The van der Waals surface area contributed by atoms with E-state index >= 15 is 0 Å². The molecule has 2 aromatic carbocycles. The van der Waals surface area contributed by atoms with E-state index < -0.39 is 0 Å². The van der Waals surface area contributed by atoms with E-state index in [1.54, 1.807) is 0 Å². The molecule has 1 heteroatoms. The average Bonchev–Trinajstić information content (AvgIpc) is 2.42. The van der Waals surface area contributed by atoms with Crippen LogP contribution >= 0.6 is 0 Å². The molecule has 0 aliphatic heterocycles. The Bertz CT molecular complexity index is 602. The van der Waals surface area contributed by atoms with Gasteiger partial charge in [0.1, 0.15) is 0 Å². The third-order valence-electron chi connectivity index (χ3n) is 3.45. The molecule has 0 heterocycles. The minimum Gasteiger partial charge on any atom is -0.312 e. The number of benzene rings is 2. The molecule has 0 amide bonds. The van der Waals surface area contributed by atoms with E-state index in [1.165, 1.54) is 21.9 Å². The lowest BCUT2D eigenvalue weighted by Crippen LogP contribution is -2.36. The quantitative estimate of drug-likeness (QED) is 0.767. The second-order valence-corrected chi connectivity index (χ2v) is 6.41. The van der Waals surface area contributed by atoms with Crippen molar-refractivity contribution in [2.75, 3.05) is 6.54 Å². The minimum atomic E-state index is 0.199. The molecule has 2 rings (SSSR count). The van der Waals surface area contributed by atoms with Crippen LogP contribution < -0.4 is 5.32 Å². The van der Waals surface area contributed by atoms with Gasteiger partial charge in [0.2, 0.25) is 0 Å². The standard InChI is InChI=1S/C19H25N/c1-15(8-7-13-20-19(2,3)4)17-12-11-16-9-5-6-10-18(16)14-17/h5-6,8-12,14,20H,7,13H2,1-4H3. The fraction of sp³-hybridized carbons (Fsp3) is 0.368. The summed E-state index contributed by atoms with van der Waals surface area (Å²) >= 11 is 0. The van der Waals surface area contributed by atoms with Gasteiger partial charge in [0.05, 0.1) is 0 Å². The van der Waals surface area contributed by atoms with Crippen LogP contribution in [0.25, 0.3) is 16.3 Å². The molecule has 0 radical (unpaired) electrons. The minimum absolute atomic E-state index is 0.199. The zero-order valence-corrected chi connectivity index (χ0v) is 13.0. The van der Waals surface area contributed by atoms with Crippen molar-refractivity contribution >= 4 is 16.3 Å². The summed E-state index contributed by atoms with van der Waals surface area (Å²) < 4.78 is 0. The number of rotatable bonds is 4. The van der Waals surface area contributed by atoms with Crippen LogP contribution in [0.3, 0.4) is 0 Å². The lowest BCUT2D eigenvalue weighted by Gasteiger charge is -2.19. The average molecular weight is 267 g/mol. The summed E-state index contributed by atoms with van der Waals surface area (Å²) in [5, 5.41) is 6.13. The van der Waals surface area contributed by atoms with Crippen LogP contribution in [0.4, 0.5) is 0 Å². The molecule has 0 bridgehead atoms. The van der Waals surface area contributed by atoms with Crippen LogP contribution in [-0.4, -0.2) is 12.1 Å². The van der Waals surface area contributed by atoms with Gasteiger partial charge in [-0.2, -0.15) is 0 Å². The number of allylic oxidation sites excluding steroid dienone is 1. The van der Waals surface area contributed by atoms with Crippen molar-refractivity contribution < 1.29 is 0 Å². The topological polar surface area (TPSA) is 12.0 Å². The number of hydrogen-bond acceptors (Lipinski definition) is 1. The van der Waals surface area contributed by atoms with Gasteiger partial charge >= 0.3 is 0 Å². The Kier molecular flexibility index (Phi) is 4.61. The van der Waals surface area contributed by atoms with E-state index in [9.17, 15) is 0 Å². The Balaban J connectivity index is 2.05. The van der Waals surface area contributed by atoms with E-state index in [0.717, 1.165) is 13.0 Å². The lowest BCUT2D eigenvalue weighted by molar-refractivity contribution is 0.431. The van der Waals surface area contributed by atoms with Crippen molar-refractivity contribution in [3.05, 3.63) is 54.1 Å². The maximum Gasteiger partial charge on any atom is 0.00966 e. The third-order valence-corrected chi connectivity index (χ3v) is 3.45. The molecule has 0 atom stereocenters. The van der Waals surface area contributed by atoms with Crippen molar-refractivity contribution in [2.24, 2.45) is 0 Å². The number of nitrogens with one attached hydrogen (secondary N) is 1. The summed E-state index contributed by atoms with van der Waals surface area (Å²) in [4.78, 5) is 0. The lowest BCUT2D eigenvalue weighted by atomic mass is 10.0. The van der Waals surface area contributed by atoms with Gasteiger partial charge in [-0.1, -0.05) is 42.5 Å². The van der Waals surface area contributed by atoms with Gasteiger partial charge in [0.15, 0.2) is 0 Å². The van der Waals surface area contributed by atoms with E-state index in [2.05, 4.69) is 81.6 Å². The molecular weight excluding hydrogens is 242 g/mol. The fourth-order valence-corrected chi connectivity index (χ4v) is 2.29. The molecule has 0 aromatic heterocycles. The van der Waals surface area contributed by atoms with Gasteiger partial charge in [0, 0.05) is 5.54 Å². The zero-order chi connectivity index (χ0) is 14.6. The highest BCUT2D eigenvalue weighted by Crippen LogP contribution is 2.21. The van der Waals surface area contributed by atoms with E-state index in [4.69, 9.17) is 0 Å². The Labute approximate surface area is 122 Å². The summed E-state index contributed by atoms with van der Waals surface area (Å²) in [6.07, 6.45) is 3.39. The van der Waals surface area contributed by atoms with Gasteiger partial charge in [-0.25, -0.2) is 0 Å². The Morgan fingerprint density at radius 3 is 2.45 bits per heavy atom. The first kappa shape index (κ1) is 14.8. The summed E-state index contributed by atoms with van der Waals surface area (Å²) in [5.74, 6) is 0. The molecule has 0 aliphatic carbocycles. The number of hydrogen-bond donors (Lipinski definition) is 1. The van der Waals surface area contributed by atoms with Crippen LogP contribution in [0.5, 0.6) is 0 Å². The van der Waals surface area contributed by atoms with Gasteiger partial charge in [-0.3, -0.25) is 0 Å². The monoisotopic (exact) mass is 267 g/mol. The van der Waals surface area contributed by atoms with Gasteiger partial charge in [0.25, 0.3) is 0 Å². The molecule has 1 nitrogen and oxygen atoms in total. The fourth-order valence-electron chi connectivity index (χ4n) is 2.29. The molecule has 0 spiro atoms. The SMILES string of the molecule is CC(=CCCNC(C)(C)C)c1ccc2ccccc2c1. The highest BCUT2D eigenvalue weighted by molar-refractivity contribution is 5.86. The van der Waals surface area contributed by atoms with Crippen LogP contribution in [0.15, 0.2) is 48.5 Å². The van der Waals surface area contributed by atoms with Crippen molar-refractivity contribution in [3.63, 3.8) is 0 Å². The Hall–Kier alpha value is -1.60. The molecular formula is C19H25N. The molecule has 0 saturated heterocycles. The van der Waals surface area contributed by atoms with Crippen LogP contribution in [0, 0.1) is 0 Å². The van der Waals surface area contributed by atoms with Gasteiger partial charge in [-0.05, 0) is 68.6 Å².